The molecule has 1 amide bonds. The minimum Gasteiger partial charge on any atom is -0.379 e. The van der Waals surface area contributed by atoms with E-state index in [2.05, 4.69) is 15.3 Å². The fourth-order valence-electron chi connectivity index (χ4n) is 3.79. The molecule has 1 atom stereocenters. The Kier molecular flexibility index (Phi) is 6.51. The van der Waals surface area contributed by atoms with Crippen LogP contribution in [0, 0.1) is 5.82 Å². The molecule has 30 heavy (non-hydrogen) atoms. The van der Waals surface area contributed by atoms with Gasteiger partial charge < -0.3 is 10.1 Å². The van der Waals surface area contributed by atoms with Gasteiger partial charge in [0.15, 0.2) is 0 Å². The molecule has 1 saturated heterocycles. The van der Waals surface area contributed by atoms with E-state index < -0.39 is 0 Å². The van der Waals surface area contributed by atoms with Gasteiger partial charge in [0.1, 0.15) is 5.82 Å². The highest BCUT2D eigenvalue weighted by Gasteiger charge is 2.24. The number of amides is 1. The van der Waals surface area contributed by atoms with E-state index in [0.717, 1.165) is 24.2 Å². The Bertz CT molecular complexity index is 971. The molecule has 1 aromatic heterocycles. The van der Waals surface area contributed by atoms with Crippen LogP contribution < -0.4 is 5.32 Å². The summed E-state index contributed by atoms with van der Waals surface area (Å²) in [5.74, 6) is -0.422. The van der Waals surface area contributed by atoms with Crippen LogP contribution in [-0.4, -0.2) is 53.4 Å². The molecule has 156 valence electrons. The van der Waals surface area contributed by atoms with Gasteiger partial charge in [-0.1, -0.05) is 30.3 Å². The molecular formula is C23H25FN4O2. The van der Waals surface area contributed by atoms with Gasteiger partial charge in [0, 0.05) is 37.6 Å². The van der Waals surface area contributed by atoms with Crippen molar-refractivity contribution in [2.45, 2.75) is 12.6 Å². The Morgan fingerprint density at radius 1 is 1.13 bits per heavy atom. The molecule has 1 fully saturated rings. The SMILES string of the molecule is O=C(NCC(c1cccc(F)c1)N1CCOCC1)c1ccccc1Cn1cccn1. The van der Waals surface area contributed by atoms with E-state index in [0.29, 0.717) is 31.9 Å². The molecule has 0 bridgehead atoms. The molecule has 0 saturated carbocycles. The van der Waals surface area contributed by atoms with Crippen LogP contribution in [0.5, 0.6) is 0 Å². The lowest BCUT2D eigenvalue weighted by molar-refractivity contribution is 0.0162. The second-order valence-corrected chi connectivity index (χ2v) is 7.29. The zero-order chi connectivity index (χ0) is 20.8. The van der Waals surface area contributed by atoms with Gasteiger partial charge in [0.05, 0.1) is 25.8 Å². The van der Waals surface area contributed by atoms with E-state index in [1.165, 1.54) is 12.1 Å². The van der Waals surface area contributed by atoms with Crippen LogP contribution in [0.1, 0.15) is 27.5 Å². The van der Waals surface area contributed by atoms with Gasteiger partial charge >= 0.3 is 0 Å². The van der Waals surface area contributed by atoms with Gasteiger partial charge in [-0.05, 0) is 35.4 Å². The molecule has 1 aliphatic rings. The molecule has 0 radical (unpaired) electrons. The molecule has 2 aromatic carbocycles. The summed E-state index contributed by atoms with van der Waals surface area (Å²) in [6.07, 6.45) is 3.59. The van der Waals surface area contributed by atoms with Crippen molar-refractivity contribution in [3.8, 4) is 0 Å². The maximum atomic E-state index is 13.9. The zero-order valence-corrected chi connectivity index (χ0v) is 16.7. The number of benzene rings is 2. The maximum Gasteiger partial charge on any atom is 0.251 e. The largest absolute Gasteiger partial charge is 0.379 e. The number of hydrogen-bond donors (Lipinski definition) is 1. The van der Waals surface area contributed by atoms with Crippen molar-refractivity contribution < 1.29 is 13.9 Å². The third kappa shape index (κ3) is 4.93. The summed E-state index contributed by atoms with van der Waals surface area (Å²) in [5.41, 5.74) is 2.36. The van der Waals surface area contributed by atoms with Crippen molar-refractivity contribution in [3.05, 3.63) is 89.5 Å². The van der Waals surface area contributed by atoms with Crippen LogP contribution >= 0.6 is 0 Å². The quantitative estimate of drug-likeness (QED) is 0.653. The van der Waals surface area contributed by atoms with Crippen LogP contribution in [0.2, 0.25) is 0 Å². The van der Waals surface area contributed by atoms with Crippen LogP contribution in [0.25, 0.3) is 0 Å². The van der Waals surface area contributed by atoms with E-state index in [1.54, 1.807) is 16.9 Å². The normalized spacial score (nSPS) is 15.6. The lowest BCUT2D eigenvalue weighted by Crippen LogP contribution is -2.44. The first-order valence-electron chi connectivity index (χ1n) is 10.1. The monoisotopic (exact) mass is 408 g/mol. The number of hydrogen-bond acceptors (Lipinski definition) is 4. The Morgan fingerprint density at radius 3 is 2.73 bits per heavy atom. The predicted octanol–water partition coefficient (Wildman–Crippen LogP) is 2.87. The summed E-state index contributed by atoms with van der Waals surface area (Å²) >= 11 is 0. The molecule has 4 rings (SSSR count). The number of carbonyl (C=O) groups is 1. The lowest BCUT2D eigenvalue weighted by atomic mass is 10.0. The van der Waals surface area contributed by atoms with Crippen LogP contribution in [0.4, 0.5) is 4.39 Å². The first-order valence-corrected chi connectivity index (χ1v) is 10.1. The number of aromatic nitrogens is 2. The van der Waals surface area contributed by atoms with Crippen molar-refractivity contribution in [2.24, 2.45) is 0 Å². The van der Waals surface area contributed by atoms with Gasteiger partial charge in [-0.2, -0.15) is 5.10 Å². The Morgan fingerprint density at radius 2 is 1.97 bits per heavy atom. The van der Waals surface area contributed by atoms with E-state index in [1.807, 2.05) is 42.6 Å². The van der Waals surface area contributed by atoms with Crippen LogP contribution in [0.15, 0.2) is 67.0 Å². The minimum absolute atomic E-state index is 0.119. The van der Waals surface area contributed by atoms with Gasteiger partial charge in [-0.3, -0.25) is 14.4 Å². The van der Waals surface area contributed by atoms with E-state index in [-0.39, 0.29) is 17.8 Å². The molecule has 0 aliphatic carbocycles. The summed E-state index contributed by atoms with van der Waals surface area (Å²) < 4.78 is 21.1. The number of carbonyl (C=O) groups excluding carboxylic acids is 1. The fraction of sp³-hybridized carbons (Fsp3) is 0.304. The number of halogens is 1. The Labute approximate surface area is 175 Å². The first kappa shape index (κ1) is 20.3. The molecule has 1 aliphatic heterocycles. The third-order valence-electron chi connectivity index (χ3n) is 5.33. The van der Waals surface area contributed by atoms with Crippen LogP contribution in [-0.2, 0) is 11.3 Å². The number of morpholine rings is 1. The third-order valence-corrected chi connectivity index (χ3v) is 5.33. The second kappa shape index (κ2) is 9.65. The first-order chi connectivity index (χ1) is 14.7. The van der Waals surface area contributed by atoms with Crippen molar-refractivity contribution >= 4 is 5.91 Å². The summed E-state index contributed by atoms with van der Waals surface area (Å²) in [7, 11) is 0. The molecular weight excluding hydrogens is 383 g/mol. The minimum atomic E-state index is -0.276. The number of nitrogens with zero attached hydrogens (tertiary/aromatic N) is 3. The molecule has 0 spiro atoms. The second-order valence-electron chi connectivity index (χ2n) is 7.29. The van der Waals surface area contributed by atoms with Gasteiger partial charge in [0.25, 0.3) is 5.91 Å². The number of nitrogens with one attached hydrogen (secondary N) is 1. The van der Waals surface area contributed by atoms with Crippen molar-refractivity contribution in [3.63, 3.8) is 0 Å². The van der Waals surface area contributed by atoms with Crippen molar-refractivity contribution in [1.82, 2.24) is 20.0 Å². The van der Waals surface area contributed by atoms with Gasteiger partial charge in [-0.25, -0.2) is 4.39 Å². The highest BCUT2D eigenvalue weighted by atomic mass is 19.1. The highest BCUT2D eigenvalue weighted by Crippen LogP contribution is 2.22. The van der Waals surface area contributed by atoms with Gasteiger partial charge in [-0.15, -0.1) is 0 Å². The molecule has 3 aromatic rings. The highest BCUT2D eigenvalue weighted by molar-refractivity contribution is 5.95. The predicted molar refractivity (Wildman–Crippen MR) is 112 cm³/mol. The van der Waals surface area contributed by atoms with Gasteiger partial charge in [0.2, 0.25) is 0 Å². The van der Waals surface area contributed by atoms with E-state index in [4.69, 9.17) is 4.74 Å². The topological polar surface area (TPSA) is 59.4 Å². The average Bonchev–Trinajstić information content (AvgIpc) is 3.28. The fourth-order valence-corrected chi connectivity index (χ4v) is 3.79. The van der Waals surface area contributed by atoms with E-state index >= 15 is 0 Å². The summed E-state index contributed by atoms with van der Waals surface area (Å²) in [6, 6.07) is 15.8. The number of ether oxygens (including phenoxy) is 1. The summed E-state index contributed by atoms with van der Waals surface area (Å²) in [6.45, 7) is 3.66. The lowest BCUT2D eigenvalue weighted by Gasteiger charge is -2.35. The Balaban J connectivity index is 1.50. The van der Waals surface area contributed by atoms with Crippen molar-refractivity contribution in [2.75, 3.05) is 32.8 Å². The standard InChI is InChI=1S/C23H25FN4O2/c24-20-7-3-6-18(15-20)22(27-11-13-30-14-12-27)16-25-23(29)21-8-2-1-5-19(21)17-28-10-4-9-26-28/h1-10,15,22H,11-14,16-17H2,(H,25,29). The maximum absolute atomic E-state index is 13.9. The zero-order valence-electron chi connectivity index (χ0n) is 16.7. The summed E-state index contributed by atoms with van der Waals surface area (Å²) in [5, 5.41) is 7.29. The molecule has 6 nitrogen and oxygen atoms in total. The summed E-state index contributed by atoms with van der Waals surface area (Å²) in [4.78, 5) is 15.3. The smallest absolute Gasteiger partial charge is 0.251 e. The molecule has 2 heterocycles. The molecule has 7 heteroatoms. The Hall–Kier alpha value is -3.03. The number of rotatable bonds is 7. The average molecular weight is 408 g/mol. The van der Waals surface area contributed by atoms with Crippen molar-refractivity contribution in [1.29, 1.82) is 0 Å². The molecule has 1 N–H and O–H groups in total. The van der Waals surface area contributed by atoms with E-state index in [9.17, 15) is 9.18 Å². The molecule has 1 unspecified atom stereocenters. The van der Waals surface area contributed by atoms with Crippen LogP contribution in [0.3, 0.4) is 0 Å².